The predicted molar refractivity (Wildman–Crippen MR) is 81.3 cm³/mol. The lowest BCUT2D eigenvalue weighted by Gasteiger charge is -2.21. The lowest BCUT2D eigenvalue weighted by molar-refractivity contribution is 0.0419. The Balaban J connectivity index is 2.03. The molecule has 1 aromatic rings. The van der Waals surface area contributed by atoms with Crippen LogP contribution in [0.15, 0.2) is 12.1 Å². The number of aliphatic hydroxyl groups is 1. The maximum Gasteiger partial charge on any atom is 0.179 e. The van der Waals surface area contributed by atoms with E-state index in [2.05, 4.69) is 0 Å². The van der Waals surface area contributed by atoms with Crippen LogP contribution < -0.4 is 9.47 Å². The molecule has 118 valence electrons. The van der Waals surface area contributed by atoms with Crippen LogP contribution in [0.1, 0.15) is 12.0 Å². The van der Waals surface area contributed by atoms with Gasteiger partial charge in [-0.15, -0.1) is 0 Å². The van der Waals surface area contributed by atoms with Crippen LogP contribution in [0.25, 0.3) is 0 Å². The smallest absolute Gasteiger partial charge is 0.179 e. The molecule has 0 saturated carbocycles. The van der Waals surface area contributed by atoms with Crippen molar-refractivity contribution in [2.45, 2.75) is 19.1 Å². The van der Waals surface area contributed by atoms with Crippen molar-refractivity contribution in [3.8, 4) is 11.5 Å². The van der Waals surface area contributed by atoms with E-state index in [1.807, 2.05) is 24.1 Å². The summed E-state index contributed by atoms with van der Waals surface area (Å²) in [6.45, 7) is 2.77. The Hall–Kier alpha value is -1.01. The molecule has 0 aliphatic carbocycles. The number of ether oxygens (including phenoxy) is 3. The minimum absolute atomic E-state index is 0.326. The molecule has 0 saturated heterocycles. The van der Waals surface area contributed by atoms with Gasteiger partial charge in [-0.25, -0.2) is 0 Å². The van der Waals surface area contributed by atoms with Gasteiger partial charge >= 0.3 is 0 Å². The summed E-state index contributed by atoms with van der Waals surface area (Å²) in [6.07, 6.45) is 0.347. The van der Waals surface area contributed by atoms with E-state index in [1.54, 1.807) is 7.11 Å². The zero-order chi connectivity index (χ0) is 15.2. The normalized spacial score (nSPS) is 15.9. The summed E-state index contributed by atoms with van der Waals surface area (Å²) < 4.78 is 16.2. The number of benzene rings is 1. The van der Waals surface area contributed by atoms with Crippen molar-refractivity contribution in [1.29, 1.82) is 0 Å². The Kier molecular flexibility index (Phi) is 6.11. The molecule has 0 spiro atoms. The number of likely N-dealkylation sites (N-methyl/N-ethyl adjacent to an activating group) is 1. The van der Waals surface area contributed by atoms with E-state index in [-0.39, 0.29) is 0 Å². The highest BCUT2D eigenvalue weighted by Gasteiger charge is 2.16. The average molecular weight is 316 g/mol. The van der Waals surface area contributed by atoms with Gasteiger partial charge in [-0.05, 0) is 24.7 Å². The van der Waals surface area contributed by atoms with E-state index < -0.39 is 6.10 Å². The van der Waals surface area contributed by atoms with Crippen molar-refractivity contribution >= 4 is 11.6 Å². The van der Waals surface area contributed by atoms with Crippen molar-refractivity contribution in [2.75, 3.05) is 40.5 Å². The van der Waals surface area contributed by atoms with Crippen LogP contribution in [0.3, 0.4) is 0 Å². The van der Waals surface area contributed by atoms with Gasteiger partial charge in [0.1, 0.15) is 0 Å². The second-order valence-electron chi connectivity index (χ2n) is 5.26. The van der Waals surface area contributed by atoms with Crippen LogP contribution in [0.4, 0.5) is 0 Å². The van der Waals surface area contributed by atoms with E-state index in [0.29, 0.717) is 49.4 Å². The fourth-order valence-corrected chi connectivity index (χ4v) is 2.64. The quantitative estimate of drug-likeness (QED) is 0.869. The second kappa shape index (κ2) is 7.84. The molecule has 1 atom stereocenters. The molecule has 1 heterocycles. The van der Waals surface area contributed by atoms with Crippen LogP contribution in [-0.2, 0) is 11.3 Å². The molecule has 0 amide bonds. The molecule has 1 aliphatic rings. The van der Waals surface area contributed by atoms with Crippen LogP contribution in [0.5, 0.6) is 11.5 Å². The number of fused-ring (bicyclic) bond motifs is 1. The third-order valence-corrected chi connectivity index (χ3v) is 3.48. The van der Waals surface area contributed by atoms with E-state index in [1.165, 1.54) is 0 Å². The van der Waals surface area contributed by atoms with Crippen LogP contribution in [0.2, 0.25) is 5.02 Å². The van der Waals surface area contributed by atoms with E-state index >= 15 is 0 Å². The van der Waals surface area contributed by atoms with Gasteiger partial charge in [0.25, 0.3) is 0 Å². The molecule has 2 rings (SSSR count). The van der Waals surface area contributed by atoms with Gasteiger partial charge in [-0.1, -0.05) is 11.6 Å². The van der Waals surface area contributed by atoms with Crippen molar-refractivity contribution in [2.24, 2.45) is 0 Å². The maximum absolute atomic E-state index is 9.74. The minimum Gasteiger partial charge on any atom is -0.489 e. The Bertz CT molecular complexity index is 469. The zero-order valence-electron chi connectivity index (χ0n) is 12.5. The largest absolute Gasteiger partial charge is 0.489 e. The van der Waals surface area contributed by atoms with Gasteiger partial charge in [0.05, 0.1) is 30.9 Å². The summed E-state index contributed by atoms with van der Waals surface area (Å²) in [7, 11) is 3.52. The molecular weight excluding hydrogens is 294 g/mol. The van der Waals surface area contributed by atoms with Crippen LogP contribution >= 0.6 is 11.6 Å². The SMILES string of the molecule is COCC(O)CN(C)Cc1cc(Cl)c2c(c1)OCCCO2. The van der Waals surface area contributed by atoms with E-state index in [9.17, 15) is 5.11 Å². The minimum atomic E-state index is -0.504. The van der Waals surface area contributed by atoms with Gasteiger partial charge in [-0.2, -0.15) is 0 Å². The zero-order valence-corrected chi connectivity index (χ0v) is 13.2. The first-order valence-electron chi connectivity index (χ1n) is 7.03. The Labute approximate surface area is 130 Å². The van der Waals surface area contributed by atoms with Crippen molar-refractivity contribution in [1.82, 2.24) is 4.90 Å². The molecule has 1 aromatic carbocycles. The third kappa shape index (κ3) is 4.74. The fraction of sp³-hybridized carbons (Fsp3) is 0.600. The van der Waals surface area contributed by atoms with E-state index in [4.69, 9.17) is 25.8 Å². The van der Waals surface area contributed by atoms with E-state index in [0.717, 1.165) is 12.0 Å². The Morgan fingerprint density at radius 3 is 2.90 bits per heavy atom. The molecule has 1 aliphatic heterocycles. The molecule has 1 unspecified atom stereocenters. The van der Waals surface area contributed by atoms with Crippen molar-refractivity contribution in [3.05, 3.63) is 22.7 Å². The highest BCUT2D eigenvalue weighted by Crippen LogP contribution is 2.38. The number of aliphatic hydroxyl groups excluding tert-OH is 1. The lowest BCUT2D eigenvalue weighted by atomic mass is 10.2. The van der Waals surface area contributed by atoms with Crippen LogP contribution in [-0.4, -0.2) is 56.6 Å². The molecule has 1 N–H and O–H groups in total. The molecule has 6 heteroatoms. The highest BCUT2D eigenvalue weighted by atomic mass is 35.5. The summed E-state index contributed by atoms with van der Waals surface area (Å²) >= 11 is 6.27. The van der Waals surface area contributed by atoms with Crippen molar-refractivity contribution in [3.63, 3.8) is 0 Å². The van der Waals surface area contributed by atoms with Gasteiger partial charge < -0.3 is 19.3 Å². The fourth-order valence-electron chi connectivity index (χ4n) is 2.36. The molecule has 0 bridgehead atoms. The second-order valence-corrected chi connectivity index (χ2v) is 5.67. The summed E-state index contributed by atoms with van der Waals surface area (Å²) in [6, 6.07) is 3.83. The first-order chi connectivity index (χ1) is 10.1. The molecule has 0 fully saturated rings. The molecular formula is C15H22ClNO4. The monoisotopic (exact) mass is 315 g/mol. The number of hydrogen-bond donors (Lipinski definition) is 1. The Morgan fingerprint density at radius 2 is 2.14 bits per heavy atom. The van der Waals surface area contributed by atoms with Gasteiger partial charge in [0.2, 0.25) is 0 Å². The number of halogens is 1. The summed E-state index contributed by atoms with van der Waals surface area (Å²) in [5, 5.41) is 10.3. The summed E-state index contributed by atoms with van der Waals surface area (Å²) in [4.78, 5) is 2.01. The molecule has 0 aromatic heterocycles. The van der Waals surface area contributed by atoms with Crippen molar-refractivity contribution < 1.29 is 19.3 Å². The molecule has 5 nitrogen and oxygen atoms in total. The molecule has 21 heavy (non-hydrogen) atoms. The first kappa shape index (κ1) is 16.4. The topological polar surface area (TPSA) is 51.2 Å². The number of hydrogen-bond acceptors (Lipinski definition) is 5. The number of rotatable bonds is 6. The number of nitrogens with zero attached hydrogens (tertiary/aromatic N) is 1. The number of methoxy groups -OCH3 is 1. The first-order valence-corrected chi connectivity index (χ1v) is 7.41. The highest BCUT2D eigenvalue weighted by molar-refractivity contribution is 6.32. The van der Waals surface area contributed by atoms with Crippen LogP contribution in [0, 0.1) is 0 Å². The summed E-state index contributed by atoms with van der Waals surface area (Å²) in [5.41, 5.74) is 1.02. The maximum atomic E-state index is 9.74. The summed E-state index contributed by atoms with van der Waals surface area (Å²) in [5.74, 6) is 1.32. The lowest BCUT2D eigenvalue weighted by Crippen LogP contribution is -2.31. The standard InChI is InChI=1S/C15H22ClNO4/c1-17(9-12(18)10-19-2)8-11-6-13(16)15-14(7-11)20-4-3-5-21-15/h6-7,12,18H,3-5,8-10H2,1-2H3. The molecule has 0 radical (unpaired) electrons. The van der Waals surface area contributed by atoms with Gasteiger partial charge in [0, 0.05) is 26.6 Å². The Morgan fingerprint density at radius 1 is 1.38 bits per heavy atom. The third-order valence-electron chi connectivity index (χ3n) is 3.20. The van der Waals surface area contributed by atoms with Gasteiger partial charge in [0.15, 0.2) is 11.5 Å². The average Bonchev–Trinajstić information content (AvgIpc) is 2.64. The predicted octanol–water partition coefficient (Wildman–Crippen LogP) is 1.94. The van der Waals surface area contributed by atoms with Gasteiger partial charge in [-0.3, -0.25) is 4.90 Å².